The number of hydrogen-bond donors (Lipinski definition) is 1. The molecule has 17 heavy (non-hydrogen) atoms. The van der Waals surface area contributed by atoms with Gasteiger partial charge in [-0.1, -0.05) is 54.4 Å². The number of benzene rings is 1. The lowest BCUT2D eigenvalue weighted by molar-refractivity contribution is 0.475. The molecule has 0 unspecified atom stereocenters. The largest absolute Gasteiger partial charge is 0.508 e. The average Bonchev–Trinajstić information content (AvgIpc) is 3.04. The minimum atomic E-state index is -1.24. The summed E-state index contributed by atoms with van der Waals surface area (Å²) in [6.07, 6.45) is 2.65. The summed E-state index contributed by atoms with van der Waals surface area (Å²) in [5, 5.41) is 9.38. The Morgan fingerprint density at radius 2 is 1.71 bits per heavy atom. The van der Waals surface area contributed by atoms with Crippen LogP contribution < -0.4 is 0 Å². The van der Waals surface area contributed by atoms with Crippen molar-refractivity contribution in [2.24, 2.45) is 5.92 Å². The van der Waals surface area contributed by atoms with Gasteiger partial charge in [-0.15, -0.1) is 0 Å². The first-order valence-electron chi connectivity index (χ1n) is 6.09. The number of allylic oxidation sites excluding steroid dienone is 1. The summed E-state index contributed by atoms with van der Waals surface area (Å²) < 4.78 is 1.59. The van der Waals surface area contributed by atoms with Crippen LogP contribution in [0.1, 0.15) is 18.4 Å². The quantitative estimate of drug-likeness (QED) is 0.606. The molecule has 1 N–H and O–H groups in total. The predicted octanol–water partition coefficient (Wildman–Crippen LogP) is 4.83. The molecule has 0 radical (unpaired) electrons. The maximum atomic E-state index is 9.38. The first-order chi connectivity index (χ1) is 7.89. The van der Waals surface area contributed by atoms with Crippen LogP contribution in [0.25, 0.3) is 5.57 Å². The zero-order chi connectivity index (χ0) is 12.6. The van der Waals surface area contributed by atoms with Crippen LogP contribution in [0.3, 0.4) is 0 Å². The fourth-order valence-electron chi connectivity index (χ4n) is 1.96. The monoisotopic (exact) mass is 358 g/mol. The van der Waals surface area contributed by atoms with Gasteiger partial charge in [-0.05, 0) is 45.2 Å². The fraction of sp³-hybridized carbons (Fsp3) is 0.429. The summed E-state index contributed by atoms with van der Waals surface area (Å²) in [4.78, 5) is 0. The summed E-state index contributed by atoms with van der Waals surface area (Å²) in [6.45, 7) is 7.20. The van der Waals surface area contributed by atoms with Gasteiger partial charge in [0.15, 0.2) is 0 Å². The molecule has 3 heteroatoms. The van der Waals surface area contributed by atoms with Gasteiger partial charge in [-0.25, -0.2) is 0 Å². The van der Waals surface area contributed by atoms with E-state index in [0.717, 1.165) is 5.92 Å². The van der Waals surface area contributed by atoms with E-state index < -0.39 is 8.07 Å². The molecule has 0 bridgehead atoms. The van der Waals surface area contributed by atoms with Crippen molar-refractivity contribution in [1.29, 1.82) is 0 Å². The molecule has 2 rings (SSSR count). The molecule has 1 aromatic rings. The third-order valence-corrected chi connectivity index (χ3v) is 10.1. The van der Waals surface area contributed by atoms with Gasteiger partial charge in [0.2, 0.25) is 0 Å². The first-order valence-corrected chi connectivity index (χ1v) is 10.7. The number of halogens is 1. The van der Waals surface area contributed by atoms with Crippen molar-refractivity contribution in [2.45, 2.75) is 32.5 Å². The van der Waals surface area contributed by atoms with Gasteiger partial charge in [0.05, 0.1) is 8.07 Å². The molecule has 0 saturated heterocycles. The summed E-state index contributed by atoms with van der Waals surface area (Å²) >= 11 is 2.56. The standard InChI is InChI=1S/C14H19IOSi/c1-17(2,3)14(15)13(10-4-5-10)11-6-8-12(16)9-7-11/h6-10,16H,4-5H2,1-3H3/b14-13-. The molecule has 1 fully saturated rings. The van der Waals surface area contributed by atoms with E-state index in [1.807, 2.05) is 0 Å². The third kappa shape index (κ3) is 3.13. The van der Waals surface area contributed by atoms with Crippen LogP contribution in [0.5, 0.6) is 5.75 Å². The van der Waals surface area contributed by atoms with E-state index >= 15 is 0 Å². The summed E-state index contributed by atoms with van der Waals surface area (Å²) in [5.41, 5.74) is 2.85. The Morgan fingerprint density at radius 3 is 2.12 bits per heavy atom. The topological polar surface area (TPSA) is 20.2 Å². The van der Waals surface area contributed by atoms with Crippen LogP contribution in [0, 0.1) is 5.92 Å². The minimum Gasteiger partial charge on any atom is -0.508 e. The number of rotatable bonds is 3. The fourth-order valence-corrected chi connectivity index (χ4v) is 3.87. The second kappa shape index (κ2) is 4.76. The van der Waals surface area contributed by atoms with E-state index in [-0.39, 0.29) is 0 Å². The molecule has 1 aromatic carbocycles. The van der Waals surface area contributed by atoms with E-state index in [1.54, 1.807) is 20.9 Å². The molecule has 0 spiro atoms. The minimum absolute atomic E-state index is 0.354. The zero-order valence-electron chi connectivity index (χ0n) is 10.6. The van der Waals surface area contributed by atoms with E-state index in [2.05, 4.69) is 54.4 Å². The first kappa shape index (κ1) is 13.1. The Labute approximate surface area is 118 Å². The van der Waals surface area contributed by atoms with Crippen molar-refractivity contribution in [2.75, 3.05) is 0 Å². The molecular formula is C14H19IOSi. The Kier molecular flexibility index (Phi) is 3.68. The number of phenols is 1. The number of hydrogen-bond acceptors (Lipinski definition) is 1. The normalized spacial score (nSPS) is 17.9. The molecule has 1 aliphatic rings. The molecule has 0 aliphatic heterocycles. The second-order valence-electron chi connectivity index (χ2n) is 5.80. The van der Waals surface area contributed by atoms with Gasteiger partial charge < -0.3 is 5.11 Å². The van der Waals surface area contributed by atoms with Crippen LogP contribution in [0.15, 0.2) is 27.5 Å². The summed E-state index contributed by atoms with van der Waals surface area (Å²) in [5.74, 6) is 1.12. The third-order valence-electron chi connectivity index (χ3n) is 3.06. The SMILES string of the molecule is C[Si](C)(C)/C(I)=C(\c1ccc(O)cc1)C1CC1. The highest BCUT2D eigenvalue weighted by Gasteiger charge is 2.32. The molecule has 0 atom stereocenters. The second-order valence-corrected chi connectivity index (χ2v) is 12.9. The molecule has 0 heterocycles. The highest BCUT2D eigenvalue weighted by atomic mass is 127. The Hall–Kier alpha value is -0.293. The van der Waals surface area contributed by atoms with Crippen LogP contribution in [0.4, 0.5) is 0 Å². The summed E-state index contributed by atoms with van der Waals surface area (Å²) in [7, 11) is -1.24. The van der Waals surface area contributed by atoms with Crippen molar-refractivity contribution < 1.29 is 5.11 Å². The lowest BCUT2D eigenvalue weighted by Crippen LogP contribution is -2.22. The van der Waals surface area contributed by atoms with Crippen molar-refractivity contribution in [3.05, 3.63) is 33.0 Å². The Balaban J connectivity index is 2.46. The van der Waals surface area contributed by atoms with Gasteiger partial charge in [-0.3, -0.25) is 0 Å². The van der Waals surface area contributed by atoms with Crippen molar-refractivity contribution in [1.82, 2.24) is 0 Å². The molecule has 1 aliphatic carbocycles. The highest BCUT2D eigenvalue weighted by molar-refractivity contribution is 14.1. The van der Waals surface area contributed by atoms with Crippen molar-refractivity contribution >= 4 is 36.2 Å². The lowest BCUT2D eigenvalue weighted by Gasteiger charge is -2.21. The van der Waals surface area contributed by atoms with Crippen LogP contribution >= 0.6 is 22.6 Å². The lowest BCUT2D eigenvalue weighted by atomic mass is 10.0. The van der Waals surface area contributed by atoms with Gasteiger partial charge in [0.25, 0.3) is 0 Å². The average molecular weight is 358 g/mol. The molecule has 1 saturated carbocycles. The van der Waals surface area contributed by atoms with E-state index in [0.29, 0.717) is 5.75 Å². The highest BCUT2D eigenvalue weighted by Crippen LogP contribution is 2.47. The van der Waals surface area contributed by atoms with E-state index in [9.17, 15) is 5.11 Å². The molecule has 1 nitrogen and oxygen atoms in total. The molecular weight excluding hydrogens is 339 g/mol. The molecule has 0 aromatic heterocycles. The number of phenolic OH excluding ortho intramolecular Hbond substituents is 1. The van der Waals surface area contributed by atoms with Gasteiger partial charge in [0, 0.05) is 0 Å². The molecule has 92 valence electrons. The van der Waals surface area contributed by atoms with Crippen LogP contribution in [-0.4, -0.2) is 13.2 Å². The van der Waals surface area contributed by atoms with Gasteiger partial charge >= 0.3 is 0 Å². The summed E-state index contributed by atoms with van der Waals surface area (Å²) in [6, 6.07) is 7.71. The van der Waals surface area contributed by atoms with E-state index in [4.69, 9.17) is 0 Å². The van der Waals surface area contributed by atoms with Crippen LogP contribution in [0.2, 0.25) is 19.6 Å². The maximum absolute atomic E-state index is 9.38. The smallest absolute Gasteiger partial charge is 0.115 e. The zero-order valence-corrected chi connectivity index (χ0v) is 13.8. The Bertz CT molecular complexity index is 438. The number of aromatic hydroxyl groups is 1. The van der Waals surface area contributed by atoms with Crippen LogP contribution in [-0.2, 0) is 0 Å². The van der Waals surface area contributed by atoms with Gasteiger partial charge in [-0.2, -0.15) is 0 Å². The van der Waals surface area contributed by atoms with E-state index in [1.165, 1.54) is 18.4 Å². The van der Waals surface area contributed by atoms with Gasteiger partial charge in [0.1, 0.15) is 5.75 Å². The molecule has 0 amide bonds. The van der Waals surface area contributed by atoms with Crippen molar-refractivity contribution in [3.63, 3.8) is 0 Å². The Morgan fingerprint density at radius 1 is 1.18 bits per heavy atom. The van der Waals surface area contributed by atoms with Crippen molar-refractivity contribution in [3.8, 4) is 5.75 Å². The maximum Gasteiger partial charge on any atom is 0.115 e. The predicted molar refractivity (Wildman–Crippen MR) is 85.1 cm³/mol.